The Bertz CT molecular complexity index is 1350. The van der Waals surface area contributed by atoms with Crippen molar-refractivity contribution < 1.29 is 9.31 Å². The van der Waals surface area contributed by atoms with Crippen LogP contribution < -0.4 is 5.59 Å². The number of hydrogen-bond donors (Lipinski definition) is 0. The van der Waals surface area contributed by atoms with E-state index in [9.17, 15) is 0 Å². The number of pyridine rings is 3. The monoisotopic (exact) mass is 439 g/mol. The van der Waals surface area contributed by atoms with Crippen molar-refractivity contribution in [2.75, 3.05) is 0 Å². The Hall–Kier alpha value is -2.83. The van der Waals surface area contributed by atoms with Gasteiger partial charge >= 0.3 is 7.12 Å². The van der Waals surface area contributed by atoms with Crippen LogP contribution in [0.15, 0.2) is 48.5 Å². The molecule has 0 amide bonds. The van der Waals surface area contributed by atoms with Crippen molar-refractivity contribution in [3.05, 3.63) is 59.9 Å². The molecule has 5 rings (SSSR count). The van der Waals surface area contributed by atoms with Gasteiger partial charge in [0, 0.05) is 27.7 Å². The lowest BCUT2D eigenvalue weighted by atomic mass is 9.84. The van der Waals surface area contributed by atoms with E-state index in [2.05, 4.69) is 71.9 Å². The van der Waals surface area contributed by atoms with Gasteiger partial charge in [-0.15, -0.1) is 0 Å². The fourth-order valence-electron chi connectivity index (χ4n) is 4.25. The van der Waals surface area contributed by atoms with Crippen molar-refractivity contribution in [3.63, 3.8) is 0 Å². The van der Waals surface area contributed by atoms with Gasteiger partial charge in [-0.05, 0) is 64.8 Å². The first kappa shape index (κ1) is 22.0. The SMILES string of the molecule is CCc1ccc2ccc3c(-c4cccc(B5OC(C)(C)C(C)(C)O5)n4)cc(CC)nc3c2n1. The molecule has 0 radical (unpaired) electrons. The Balaban J connectivity index is 1.68. The number of aryl methyl sites for hydroxylation is 2. The minimum absolute atomic E-state index is 0.407. The molecule has 3 aromatic heterocycles. The number of fused-ring (bicyclic) bond motifs is 3. The van der Waals surface area contributed by atoms with Gasteiger partial charge in [-0.2, -0.15) is 0 Å². The number of hydrogen-bond acceptors (Lipinski definition) is 5. The predicted molar refractivity (Wildman–Crippen MR) is 135 cm³/mol. The Morgan fingerprint density at radius 2 is 1.42 bits per heavy atom. The fourth-order valence-corrected chi connectivity index (χ4v) is 4.25. The quantitative estimate of drug-likeness (QED) is 0.320. The molecule has 0 N–H and O–H groups in total. The molecule has 1 aliphatic rings. The molecule has 168 valence electrons. The molecule has 0 aliphatic carbocycles. The van der Waals surface area contributed by atoms with Crippen LogP contribution in [0.3, 0.4) is 0 Å². The highest BCUT2D eigenvalue weighted by molar-refractivity contribution is 6.61. The molecule has 1 aromatic carbocycles. The fraction of sp³-hybridized carbons (Fsp3) is 0.370. The maximum absolute atomic E-state index is 6.25. The summed E-state index contributed by atoms with van der Waals surface area (Å²) in [5.74, 6) is 0. The second-order valence-corrected chi connectivity index (χ2v) is 9.74. The van der Waals surface area contributed by atoms with Crippen LogP contribution in [0, 0.1) is 0 Å². The molecule has 4 heterocycles. The number of nitrogens with zero attached hydrogens (tertiary/aromatic N) is 3. The molecule has 0 spiro atoms. The molecule has 0 atom stereocenters. The van der Waals surface area contributed by atoms with Crippen molar-refractivity contribution in [2.45, 2.75) is 65.6 Å². The third-order valence-corrected chi connectivity index (χ3v) is 7.02. The zero-order chi connectivity index (χ0) is 23.4. The Morgan fingerprint density at radius 3 is 2.12 bits per heavy atom. The summed E-state index contributed by atoms with van der Waals surface area (Å²) in [5.41, 5.74) is 5.88. The van der Waals surface area contributed by atoms with Gasteiger partial charge in [0.2, 0.25) is 0 Å². The molecule has 5 nitrogen and oxygen atoms in total. The number of aromatic nitrogens is 3. The van der Waals surface area contributed by atoms with E-state index >= 15 is 0 Å². The van der Waals surface area contributed by atoms with E-state index in [1.807, 2.05) is 18.2 Å². The topological polar surface area (TPSA) is 57.1 Å². The summed E-state index contributed by atoms with van der Waals surface area (Å²) < 4.78 is 12.5. The average Bonchev–Trinajstić information content (AvgIpc) is 3.04. The van der Waals surface area contributed by atoms with Crippen molar-refractivity contribution in [3.8, 4) is 11.3 Å². The second-order valence-electron chi connectivity index (χ2n) is 9.74. The van der Waals surface area contributed by atoms with Crippen LogP contribution in [0.1, 0.15) is 52.9 Å². The Morgan fingerprint density at radius 1 is 0.758 bits per heavy atom. The van der Waals surface area contributed by atoms with Crippen LogP contribution in [-0.4, -0.2) is 33.3 Å². The first-order valence-corrected chi connectivity index (χ1v) is 11.8. The maximum atomic E-state index is 6.25. The van der Waals surface area contributed by atoms with Crippen molar-refractivity contribution in [1.29, 1.82) is 0 Å². The molecule has 1 saturated heterocycles. The summed E-state index contributed by atoms with van der Waals surface area (Å²) >= 11 is 0. The van der Waals surface area contributed by atoms with E-state index in [1.54, 1.807) is 0 Å². The Kier molecular flexibility index (Phi) is 5.26. The van der Waals surface area contributed by atoms with Crippen molar-refractivity contribution >= 4 is 34.5 Å². The van der Waals surface area contributed by atoms with E-state index in [-0.39, 0.29) is 0 Å². The summed E-state index contributed by atoms with van der Waals surface area (Å²) in [6.45, 7) is 12.5. The highest BCUT2D eigenvalue weighted by atomic mass is 16.7. The molecule has 0 unspecified atom stereocenters. The summed E-state index contributed by atoms with van der Waals surface area (Å²) in [7, 11) is -0.497. The highest BCUT2D eigenvalue weighted by Crippen LogP contribution is 2.37. The second kappa shape index (κ2) is 7.89. The van der Waals surface area contributed by atoms with Gasteiger partial charge in [-0.1, -0.05) is 38.1 Å². The van der Waals surface area contributed by atoms with Gasteiger partial charge in [0.25, 0.3) is 0 Å². The molecule has 1 fully saturated rings. The van der Waals surface area contributed by atoms with Crippen molar-refractivity contribution in [1.82, 2.24) is 15.0 Å². The predicted octanol–water partition coefficient (Wildman–Crippen LogP) is 5.27. The maximum Gasteiger partial charge on any atom is 0.514 e. The van der Waals surface area contributed by atoms with Gasteiger partial charge in [0.15, 0.2) is 0 Å². The van der Waals surface area contributed by atoms with Crippen LogP contribution in [0.5, 0.6) is 0 Å². The molecular weight excluding hydrogens is 409 g/mol. The van der Waals surface area contributed by atoms with E-state index in [0.717, 1.165) is 62.9 Å². The van der Waals surface area contributed by atoms with Crippen LogP contribution in [0.2, 0.25) is 0 Å². The standard InChI is InChI=1S/C27H30BN3O2/c1-7-18-14-12-17-13-15-20-21(16-19(8-2)30-25(20)24(17)29-18)22-10-9-11-23(31-22)28-32-26(3,4)27(5,6)33-28/h9-16H,7-8H2,1-6H3. The van der Waals surface area contributed by atoms with Crippen LogP contribution in [0.4, 0.5) is 0 Å². The van der Waals surface area contributed by atoms with Gasteiger partial charge in [-0.25, -0.2) is 0 Å². The normalized spacial score (nSPS) is 17.2. The summed E-state index contributed by atoms with van der Waals surface area (Å²) in [6, 6.07) is 16.7. The van der Waals surface area contributed by atoms with Gasteiger partial charge in [0.1, 0.15) is 0 Å². The van der Waals surface area contributed by atoms with Crippen LogP contribution in [0.25, 0.3) is 33.1 Å². The molecule has 1 aliphatic heterocycles. The zero-order valence-corrected chi connectivity index (χ0v) is 20.3. The van der Waals surface area contributed by atoms with Gasteiger partial charge < -0.3 is 9.31 Å². The minimum Gasteiger partial charge on any atom is -0.398 e. The van der Waals surface area contributed by atoms with Gasteiger partial charge in [0.05, 0.1) is 33.5 Å². The largest absolute Gasteiger partial charge is 0.514 e. The minimum atomic E-state index is -0.497. The van der Waals surface area contributed by atoms with Gasteiger partial charge in [-0.3, -0.25) is 15.0 Å². The van der Waals surface area contributed by atoms with Crippen LogP contribution >= 0.6 is 0 Å². The lowest BCUT2D eigenvalue weighted by Gasteiger charge is -2.32. The molecule has 0 saturated carbocycles. The summed E-state index contributed by atoms with van der Waals surface area (Å²) in [5, 5.41) is 2.16. The lowest BCUT2D eigenvalue weighted by Crippen LogP contribution is -2.41. The summed E-state index contributed by atoms with van der Waals surface area (Å²) in [4.78, 5) is 14.9. The third kappa shape index (κ3) is 3.71. The number of benzene rings is 1. The molecule has 6 heteroatoms. The van der Waals surface area contributed by atoms with E-state index in [0.29, 0.717) is 0 Å². The molecule has 0 bridgehead atoms. The molecule has 33 heavy (non-hydrogen) atoms. The molecular formula is C27H30BN3O2. The summed E-state index contributed by atoms with van der Waals surface area (Å²) in [6.07, 6.45) is 1.73. The smallest absolute Gasteiger partial charge is 0.398 e. The van der Waals surface area contributed by atoms with E-state index < -0.39 is 18.3 Å². The van der Waals surface area contributed by atoms with E-state index in [4.69, 9.17) is 24.3 Å². The molecule has 4 aromatic rings. The zero-order valence-electron chi connectivity index (χ0n) is 20.3. The number of rotatable bonds is 4. The average molecular weight is 439 g/mol. The lowest BCUT2D eigenvalue weighted by molar-refractivity contribution is 0.00578. The van der Waals surface area contributed by atoms with Crippen molar-refractivity contribution in [2.24, 2.45) is 0 Å². The highest BCUT2D eigenvalue weighted by Gasteiger charge is 2.52. The first-order valence-electron chi connectivity index (χ1n) is 11.8. The first-order chi connectivity index (χ1) is 15.7. The Labute approximate surface area is 195 Å². The van der Waals surface area contributed by atoms with E-state index in [1.165, 1.54) is 0 Å². The van der Waals surface area contributed by atoms with Crippen LogP contribution in [-0.2, 0) is 22.2 Å². The third-order valence-electron chi connectivity index (χ3n) is 7.02.